The van der Waals surface area contributed by atoms with Gasteiger partial charge in [-0.3, -0.25) is 4.79 Å². The number of rotatable bonds is 2. The molecule has 2 heterocycles. The number of carbonyl (C=O) groups excluding carboxylic acids is 1. The number of furan rings is 2. The predicted octanol–water partition coefficient (Wildman–Crippen LogP) is 4.78. The molecule has 5 heteroatoms. The maximum atomic E-state index is 12.1. The van der Waals surface area contributed by atoms with Gasteiger partial charge in [-0.25, -0.2) is 0 Å². The number of halogens is 2. The van der Waals surface area contributed by atoms with Crippen molar-refractivity contribution in [2.24, 2.45) is 0 Å². The first-order chi connectivity index (χ1) is 8.63. The Morgan fingerprint density at radius 3 is 2.50 bits per heavy atom. The molecule has 0 fully saturated rings. The normalized spacial score (nSPS) is 11.0. The second-order valence-electron chi connectivity index (χ2n) is 3.73. The van der Waals surface area contributed by atoms with Crippen LogP contribution < -0.4 is 0 Å². The lowest BCUT2D eigenvalue weighted by Gasteiger charge is -1.90. The van der Waals surface area contributed by atoms with Crippen molar-refractivity contribution in [2.45, 2.75) is 0 Å². The zero-order valence-electron chi connectivity index (χ0n) is 8.94. The number of benzene rings is 1. The van der Waals surface area contributed by atoms with Crippen molar-refractivity contribution in [3.05, 3.63) is 57.1 Å². The summed E-state index contributed by atoms with van der Waals surface area (Å²) in [6, 6.07) is 10.6. The third kappa shape index (κ3) is 2.04. The molecular weight excluding hydrogens is 364 g/mol. The van der Waals surface area contributed by atoms with Gasteiger partial charge in [0.2, 0.25) is 0 Å². The fourth-order valence-electron chi connectivity index (χ4n) is 1.68. The highest BCUT2D eigenvalue weighted by molar-refractivity contribution is 9.10. The maximum Gasteiger partial charge on any atom is 0.263 e. The van der Waals surface area contributed by atoms with Gasteiger partial charge in [-0.1, -0.05) is 15.9 Å². The SMILES string of the molecule is O=C(c1ccc(Br)o1)c1cc2cc(Br)ccc2o1. The lowest BCUT2D eigenvalue weighted by atomic mass is 10.2. The molecule has 0 saturated carbocycles. The van der Waals surface area contributed by atoms with Gasteiger partial charge in [0.05, 0.1) is 0 Å². The Labute approximate surface area is 119 Å². The standard InChI is InChI=1S/C13H6Br2O3/c14-8-1-2-9-7(5-8)6-11(17-9)13(16)10-3-4-12(15)18-10/h1-6H. The third-order valence-electron chi connectivity index (χ3n) is 2.50. The van der Waals surface area contributed by atoms with Crippen molar-refractivity contribution in [3.63, 3.8) is 0 Å². The van der Waals surface area contributed by atoms with Gasteiger partial charge in [-0.05, 0) is 52.3 Å². The Hall–Kier alpha value is -1.33. The molecule has 3 aromatic rings. The number of hydrogen-bond acceptors (Lipinski definition) is 3. The number of carbonyl (C=O) groups is 1. The Kier molecular flexibility index (Phi) is 2.87. The summed E-state index contributed by atoms with van der Waals surface area (Å²) in [5.74, 6) is 0.248. The van der Waals surface area contributed by atoms with E-state index in [2.05, 4.69) is 31.9 Å². The van der Waals surface area contributed by atoms with Crippen molar-refractivity contribution >= 4 is 48.6 Å². The molecule has 0 aliphatic carbocycles. The van der Waals surface area contributed by atoms with Crippen LogP contribution in [0.25, 0.3) is 11.0 Å². The molecule has 0 radical (unpaired) electrons. The summed E-state index contributed by atoms with van der Waals surface area (Å²) in [6.07, 6.45) is 0. The van der Waals surface area contributed by atoms with E-state index in [1.54, 1.807) is 18.2 Å². The average molecular weight is 370 g/mol. The van der Waals surface area contributed by atoms with Crippen LogP contribution in [0.3, 0.4) is 0 Å². The molecule has 2 aromatic heterocycles. The van der Waals surface area contributed by atoms with Crippen molar-refractivity contribution < 1.29 is 13.6 Å². The number of fused-ring (bicyclic) bond motifs is 1. The van der Waals surface area contributed by atoms with Gasteiger partial charge >= 0.3 is 0 Å². The van der Waals surface area contributed by atoms with Gasteiger partial charge in [-0.2, -0.15) is 0 Å². The van der Waals surface area contributed by atoms with E-state index in [1.807, 2.05) is 18.2 Å². The lowest BCUT2D eigenvalue weighted by molar-refractivity contribution is 0.0984. The van der Waals surface area contributed by atoms with Crippen LogP contribution in [0.1, 0.15) is 16.3 Å². The summed E-state index contributed by atoms with van der Waals surface area (Å²) >= 11 is 6.54. The number of hydrogen-bond donors (Lipinski definition) is 0. The van der Waals surface area contributed by atoms with Crippen LogP contribution in [0, 0.1) is 0 Å². The summed E-state index contributed by atoms with van der Waals surface area (Å²) in [5.41, 5.74) is 0.673. The van der Waals surface area contributed by atoms with Gasteiger partial charge < -0.3 is 8.83 Å². The first kappa shape index (κ1) is 11.7. The average Bonchev–Trinajstić information content (AvgIpc) is 2.93. The lowest BCUT2D eigenvalue weighted by Crippen LogP contribution is -1.96. The zero-order valence-corrected chi connectivity index (χ0v) is 12.1. The summed E-state index contributed by atoms with van der Waals surface area (Å²) in [6.45, 7) is 0. The van der Waals surface area contributed by atoms with Crippen molar-refractivity contribution in [2.75, 3.05) is 0 Å². The largest absolute Gasteiger partial charge is 0.452 e. The first-order valence-electron chi connectivity index (χ1n) is 5.12. The molecule has 0 saturated heterocycles. The van der Waals surface area contributed by atoms with Crippen LogP contribution >= 0.6 is 31.9 Å². The maximum absolute atomic E-state index is 12.1. The molecule has 3 rings (SSSR count). The summed E-state index contributed by atoms with van der Waals surface area (Å²) in [5, 5.41) is 0.873. The molecule has 3 nitrogen and oxygen atoms in total. The van der Waals surface area contributed by atoms with Gasteiger partial charge in [0.15, 0.2) is 16.2 Å². The van der Waals surface area contributed by atoms with Crippen molar-refractivity contribution in [3.8, 4) is 0 Å². The highest BCUT2D eigenvalue weighted by atomic mass is 79.9. The minimum absolute atomic E-state index is 0.250. The fraction of sp³-hybridized carbons (Fsp3) is 0. The molecule has 1 aromatic carbocycles. The van der Waals surface area contributed by atoms with Gasteiger partial charge in [0.25, 0.3) is 5.78 Å². The van der Waals surface area contributed by atoms with E-state index in [0.717, 1.165) is 9.86 Å². The molecule has 0 atom stereocenters. The molecule has 0 spiro atoms. The van der Waals surface area contributed by atoms with E-state index in [4.69, 9.17) is 8.83 Å². The first-order valence-corrected chi connectivity index (χ1v) is 6.71. The molecule has 0 amide bonds. The second kappa shape index (κ2) is 4.40. The van der Waals surface area contributed by atoms with E-state index in [1.165, 1.54) is 0 Å². The van der Waals surface area contributed by atoms with E-state index in [9.17, 15) is 4.79 Å². The highest BCUT2D eigenvalue weighted by Gasteiger charge is 2.17. The molecular formula is C13H6Br2O3. The molecule has 90 valence electrons. The van der Waals surface area contributed by atoms with E-state index in [0.29, 0.717) is 10.3 Å². The zero-order chi connectivity index (χ0) is 12.7. The van der Waals surface area contributed by atoms with Crippen molar-refractivity contribution in [1.82, 2.24) is 0 Å². The van der Waals surface area contributed by atoms with Crippen LogP contribution in [-0.2, 0) is 0 Å². The van der Waals surface area contributed by atoms with E-state index in [-0.39, 0.29) is 17.3 Å². The van der Waals surface area contributed by atoms with Crippen LogP contribution in [0.15, 0.2) is 54.4 Å². The predicted molar refractivity (Wildman–Crippen MR) is 73.8 cm³/mol. The Balaban J connectivity index is 2.06. The molecule has 0 aliphatic rings. The quantitative estimate of drug-likeness (QED) is 0.610. The van der Waals surface area contributed by atoms with E-state index >= 15 is 0 Å². The Bertz CT molecular complexity index is 740. The number of ketones is 1. The third-order valence-corrected chi connectivity index (χ3v) is 3.42. The van der Waals surface area contributed by atoms with Crippen LogP contribution in [0.4, 0.5) is 0 Å². The van der Waals surface area contributed by atoms with Crippen LogP contribution in [0.2, 0.25) is 0 Å². The minimum Gasteiger partial charge on any atom is -0.452 e. The summed E-state index contributed by atoms with van der Waals surface area (Å²) in [7, 11) is 0. The highest BCUT2D eigenvalue weighted by Crippen LogP contribution is 2.25. The molecule has 0 bridgehead atoms. The van der Waals surface area contributed by atoms with Gasteiger partial charge in [0, 0.05) is 9.86 Å². The van der Waals surface area contributed by atoms with Gasteiger partial charge in [0.1, 0.15) is 5.58 Å². The molecule has 0 aliphatic heterocycles. The topological polar surface area (TPSA) is 43.4 Å². The van der Waals surface area contributed by atoms with E-state index < -0.39 is 0 Å². The monoisotopic (exact) mass is 368 g/mol. The fourth-order valence-corrected chi connectivity index (χ4v) is 2.37. The van der Waals surface area contributed by atoms with Gasteiger partial charge in [-0.15, -0.1) is 0 Å². The Morgan fingerprint density at radius 1 is 0.944 bits per heavy atom. The molecule has 0 unspecified atom stereocenters. The molecule has 0 N–H and O–H groups in total. The van der Waals surface area contributed by atoms with Crippen LogP contribution in [-0.4, -0.2) is 5.78 Å². The smallest absolute Gasteiger partial charge is 0.263 e. The molecule has 18 heavy (non-hydrogen) atoms. The minimum atomic E-state index is -0.270. The summed E-state index contributed by atoms with van der Waals surface area (Å²) < 4.78 is 12.2. The summed E-state index contributed by atoms with van der Waals surface area (Å²) in [4.78, 5) is 12.1. The van der Waals surface area contributed by atoms with Crippen LogP contribution in [0.5, 0.6) is 0 Å². The van der Waals surface area contributed by atoms with Crippen molar-refractivity contribution in [1.29, 1.82) is 0 Å². The Morgan fingerprint density at radius 2 is 1.78 bits per heavy atom. The second-order valence-corrected chi connectivity index (χ2v) is 5.42.